The minimum atomic E-state index is -0.257. The molecule has 2 heterocycles. The third-order valence-electron chi connectivity index (χ3n) is 4.53. The highest BCUT2D eigenvalue weighted by Gasteiger charge is 2.30. The Kier molecular flexibility index (Phi) is 5.94. The maximum absolute atomic E-state index is 12.9. The van der Waals surface area contributed by atoms with E-state index in [4.69, 9.17) is 4.74 Å². The largest absolute Gasteiger partial charge is 0.466 e. The molecule has 1 aromatic heterocycles. The van der Waals surface area contributed by atoms with Crippen LogP contribution < -0.4 is 0 Å². The van der Waals surface area contributed by atoms with Crippen LogP contribution in [0.1, 0.15) is 43.0 Å². The zero-order chi connectivity index (χ0) is 18.4. The minimum Gasteiger partial charge on any atom is -0.466 e. The van der Waals surface area contributed by atoms with Crippen molar-refractivity contribution in [3.63, 3.8) is 0 Å². The molecule has 0 saturated carbocycles. The first-order chi connectivity index (χ1) is 12.7. The highest BCUT2D eigenvalue weighted by molar-refractivity contribution is 5.94. The average molecular weight is 353 g/mol. The Morgan fingerprint density at radius 3 is 2.58 bits per heavy atom. The van der Waals surface area contributed by atoms with E-state index in [0.717, 1.165) is 24.8 Å². The standard InChI is InChI=1S/C20H23N3O3/c1-2-26-18(24)12-17-10-6-7-11-23(17)20(25)16-13-21-19(22-14-16)15-8-4-3-5-9-15/h3-5,8-9,13-14,17H,2,6-7,10-12H2,1H3/t17-/m1/s1. The SMILES string of the molecule is CCOC(=O)C[C@H]1CCCCN1C(=O)c1cnc(-c2ccccc2)nc1. The third kappa shape index (κ3) is 4.25. The Morgan fingerprint density at radius 2 is 1.88 bits per heavy atom. The lowest BCUT2D eigenvalue weighted by Gasteiger charge is -2.35. The van der Waals surface area contributed by atoms with E-state index in [0.29, 0.717) is 24.5 Å². The van der Waals surface area contributed by atoms with E-state index in [1.807, 2.05) is 30.3 Å². The van der Waals surface area contributed by atoms with Crippen molar-refractivity contribution in [1.82, 2.24) is 14.9 Å². The van der Waals surface area contributed by atoms with Gasteiger partial charge in [-0.2, -0.15) is 0 Å². The number of esters is 1. The van der Waals surface area contributed by atoms with Gasteiger partial charge in [0, 0.05) is 30.5 Å². The van der Waals surface area contributed by atoms with Gasteiger partial charge in [-0.05, 0) is 26.2 Å². The van der Waals surface area contributed by atoms with E-state index in [1.165, 1.54) is 0 Å². The Hall–Kier alpha value is -2.76. The van der Waals surface area contributed by atoms with Crippen LogP contribution in [0.5, 0.6) is 0 Å². The summed E-state index contributed by atoms with van der Waals surface area (Å²) >= 11 is 0. The van der Waals surface area contributed by atoms with Gasteiger partial charge in [0.25, 0.3) is 5.91 Å². The monoisotopic (exact) mass is 353 g/mol. The van der Waals surface area contributed by atoms with Gasteiger partial charge in [0.2, 0.25) is 0 Å². The van der Waals surface area contributed by atoms with Crippen molar-refractivity contribution >= 4 is 11.9 Å². The van der Waals surface area contributed by atoms with Crippen molar-refractivity contribution in [2.24, 2.45) is 0 Å². The van der Waals surface area contributed by atoms with Crippen molar-refractivity contribution in [2.45, 2.75) is 38.6 Å². The molecule has 1 saturated heterocycles. The predicted molar refractivity (Wildman–Crippen MR) is 97.4 cm³/mol. The van der Waals surface area contributed by atoms with Gasteiger partial charge in [0.1, 0.15) is 0 Å². The van der Waals surface area contributed by atoms with Crippen molar-refractivity contribution in [1.29, 1.82) is 0 Å². The maximum atomic E-state index is 12.9. The average Bonchev–Trinajstić information content (AvgIpc) is 2.69. The van der Waals surface area contributed by atoms with Gasteiger partial charge in [0.05, 0.1) is 18.6 Å². The second kappa shape index (κ2) is 8.56. The first kappa shape index (κ1) is 18.0. The van der Waals surface area contributed by atoms with E-state index in [2.05, 4.69) is 9.97 Å². The summed E-state index contributed by atoms with van der Waals surface area (Å²) in [5.74, 6) is 0.204. The van der Waals surface area contributed by atoms with E-state index in [1.54, 1.807) is 24.2 Å². The number of likely N-dealkylation sites (tertiary alicyclic amines) is 1. The Balaban J connectivity index is 1.73. The van der Waals surface area contributed by atoms with Crippen LogP contribution in [0.2, 0.25) is 0 Å². The van der Waals surface area contributed by atoms with Crippen LogP contribution in [0.25, 0.3) is 11.4 Å². The van der Waals surface area contributed by atoms with E-state index in [9.17, 15) is 9.59 Å². The summed E-state index contributed by atoms with van der Waals surface area (Å²) < 4.78 is 5.04. The molecule has 1 fully saturated rings. The molecular formula is C20H23N3O3. The van der Waals surface area contributed by atoms with Gasteiger partial charge in [-0.25, -0.2) is 9.97 Å². The number of amides is 1. The van der Waals surface area contributed by atoms with Gasteiger partial charge in [0.15, 0.2) is 5.82 Å². The zero-order valence-corrected chi connectivity index (χ0v) is 14.9. The quantitative estimate of drug-likeness (QED) is 0.773. The molecule has 2 aromatic rings. The van der Waals surface area contributed by atoms with Crippen LogP contribution in [-0.4, -0.2) is 45.9 Å². The number of ether oxygens (including phenoxy) is 1. The summed E-state index contributed by atoms with van der Waals surface area (Å²) in [5.41, 5.74) is 1.35. The molecule has 1 amide bonds. The molecule has 1 aromatic carbocycles. The topological polar surface area (TPSA) is 72.4 Å². The number of hydrogen-bond acceptors (Lipinski definition) is 5. The van der Waals surface area contributed by atoms with E-state index < -0.39 is 0 Å². The molecule has 0 unspecified atom stereocenters. The molecule has 1 aliphatic rings. The van der Waals surface area contributed by atoms with Crippen LogP contribution in [0.3, 0.4) is 0 Å². The smallest absolute Gasteiger partial charge is 0.307 e. The highest BCUT2D eigenvalue weighted by atomic mass is 16.5. The number of carbonyl (C=O) groups is 2. The molecule has 26 heavy (non-hydrogen) atoms. The Morgan fingerprint density at radius 1 is 1.15 bits per heavy atom. The molecule has 6 nitrogen and oxygen atoms in total. The molecule has 136 valence electrons. The van der Waals surface area contributed by atoms with Crippen molar-refractivity contribution in [3.8, 4) is 11.4 Å². The van der Waals surface area contributed by atoms with Gasteiger partial charge < -0.3 is 9.64 Å². The molecule has 0 N–H and O–H groups in total. The number of benzene rings is 1. The molecule has 1 aliphatic heterocycles. The minimum absolute atomic E-state index is 0.121. The fourth-order valence-corrected chi connectivity index (χ4v) is 3.23. The molecule has 0 aliphatic carbocycles. The van der Waals surface area contributed by atoms with E-state index >= 15 is 0 Å². The predicted octanol–water partition coefficient (Wildman–Crippen LogP) is 3.09. The number of carbonyl (C=O) groups excluding carboxylic acids is 2. The van der Waals surface area contributed by atoms with Gasteiger partial charge in [-0.1, -0.05) is 30.3 Å². The molecule has 1 atom stereocenters. The fraction of sp³-hybridized carbons (Fsp3) is 0.400. The van der Waals surface area contributed by atoms with Gasteiger partial charge in [-0.3, -0.25) is 9.59 Å². The number of rotatable bonds is 5. The summed E-state index contributed by atoms with van der Waals surface area (Å²) in [7, 11) is 0. The number of hydrogen-bond donors (Lipinski definition) is 0. The lowest BCUT2D eigenvalue weighted by Crippen LogP contribution is -2.45. The van der Waals surface area contributed by atoms with Crippen LogP contribution in [-0.2, 0) is 9.53 Å². The van der Waals surface area contributed by atoms with Crippen molar-refractivity contribution < 1.29 is 14.3 Å². The molecular weight excluding hydrogens is 330 g/mol. The number of aromatic nitrogens is 2. The Bertz CT molecular complexity index is 747. The zero-order valence-electron chi connectivity index (χ0n) is 14.9. The molecule has 6 heteroatoms. The first-order valence-corrected chi connectivity index (χ1v) is 9.03. The second-order valence-electron chi connectivity index (χ2n) is 6.32. The van der Waals surface area contributed by atoms with Crippen LogP contribution in [0, 0.1) is 0 Å². The summed E-state index contributed by atoms with van der Waals surface area (Å²) in [4.78, 5) is 35.1. The van der Waals surface area contributed by atoms with Crippen LogP contribution in [0.15, 0.2) is 42.7 Å². The number of piperidine rings is 1. The lowest BCUT2D eigenvalue weighted by atomic mass is 9.98. The molecule has 0 radical (unpaired) electrons. The number of nitrogens with zero attached hydrogens (tertiary/aromatic N) is 3. The van der Waals surface area contributed by atoms with Crippen LogP contribution in [0.4, 0.5) is 0 Å². The Labute approximate surface area is 153 Å². The highest BCUT2D eigenvalue weighted by Crippen LogP contribution is 2.23. The molecule has 3 rings (SSSR count). The summed E-state index contributed by atoms with van der Waals surface area (Å²) in [5, 5.41) is 0. The van der Waals surface area contributed by atoms with Crippen molar-refractivity contribution in [2.75, 3.05) is 13.2 Å². The normalized spacial score (nSPS) is 17.0. The fourth-order valence-electron chi connectivity index (χ4n) is 3.23. The van der Waals surface area contributed by atoms with Gasteiger partial charge in [-0.15, -0.1) is 0 Å². The summed E-state index contributed by atoms with van der Waals surface area (Å²) in [6.45, 7) is 2.78. The summed E-state index contributed by atoms with van der Waals surface area (Å²) in [6, 6.07) is 9.51. The maximum Gasteiger partial charge on any atom is 0.307 e. The first-order valence-electron chi connectivity index (χ1n) is 9.03. The molecule has 0 bridgehead atoms. The lowest BCUT2D eigenvalue weighted by molar-refractivity contribution is -0.144. The third-order valence-corrected chi connectivity index (χ3v) is 4.53. The van der Waals surface area contributed by atoms with E-state index in [-0.39, 0.29) is 24.3 Å². The second-order valence-corrected chi connectivity index (χ2v) is 6.32. The van der Waals surface area contributed by atoms with Crippen LogP contribution >= 0.6 is 0 Å². The van der Waals surface area contributed by atoms with Gasteiger partial charge >= 0.3 is 5.97 Å². The summed E-state index contributed by atoms with van der Waals surface area (Å²) in [6.07, 6.45) is 6.13. The van der Waals surface area contributed by atoms with Crippen molar-refractivity contribution in [3.05, 3.63) is 48.3 Å². The molecule has 0 spiro atoms.